The number of hydrogen-bond donors (Lipinski definition) is 1. The molecule has 4 atom stereocenters. The number of nitrogens with zero attached hydrogens (tertiary/aromatic N) is 1. The van der Waals surface area contributed by atoms with Crippen LogP contribution < -0.4 is 5.32 Å². The Labute approximate surface area is 162 Å². The third-order valence-electron chi connectivity index (χ3n) is 6.24. The van der Waals surface area contributed by atoms with E-state index < -0.39 is 0 Å². The number of rotatable bonds is 5. The molecule has 1 saturated carbocycles. The lowest BCUT2D eigenvalue weighted by Crippen LogP contribution is -2.41. The third kappa shape index (κ3) is 3.78. The summed E-state index contributed by atoms with van der Waals surface area (Å²) in [5.74, 6) is 1.91. The molecular formula is C24H28N2O. The highest BCUT2D eigenvalue weighted by Gasteiger charge is 2.38. The first-order valence-corrected chi connectivity index (χ1v) is 9.98. The van der Waals surface area contributed by atoms with Gasteiger partial charge in [0.25, 0.3) is 0 Å². The maximum Gasteiger partial charge on any atom is 0.322 e. The minimum Gasteiger partial charge on any atom is -0.317 e. The molecule has 140 valence electrons. The summed E-state index contributed by atoms with van der Waals surface area (Å²) in [5, 5.41) is 3.15. The molecule has 0 heterocycles. The largest absolute Gasteiger partial charge is 0.322 e. The average Bonchev–Trinajstić information content (AvgIpc) is 3.31. The number of amides is 2. The number of para-hydroxylation sites is 1. The van der Waals surface area contributed by atoms with Crippen LogP contribution in [0.1, 0.15) is 36.9 Å². The summed E-state index contributed by atoms with van der Waals surface area (Å²) in [6, 6.07) is 18.3. The first-order valence-electron chi connectivity index (χ1n) is 9.98. The lowest BCUT2D eigenvalue weighted by molar-refractivity contribution is 0.173. The molecule has 4 rings (SSSR count). The van der Waals surface area contributed by atoms with Crippen LogP contribution in [-0.4, -0.2) is 17.5 Å². The van der Waals surface area contributed by atoms with Gasteiger partial charge in [-0.15, -0.1) is 0 Å². The number of hydrogen-bond acceptors (Lipinski definition) is 1. The number of nitrogens with one attached hydrogen (secondary N) is 1. The van der Waals surface area contributed by atoms with Crippen LogP contribution in [0, 0.1) is 24.7 Å². The Morgan fingerprint density at radius 1 is 1.07 bits per heavy atom. The van der Waals surface area contributed by atoms with Gasteiger partial charge in [-0.2, -0.15) is 0 Å². The van der Waals surface area contributed by atoms with Gasteiger partial charge in [0, 0.05) is 12.2 Å². The van der Waals surface area contributed by atoms with E-state index in [1.165, 1.54) is 18.4 Å². The van der Waals surface area contributed by atoms with Crippen LogP contribution in [0.5, 0.6) is 0 Å². The number of anilines is 1. The second-order valence-corrected chi connectivity index (χ2v) is 8.02. The molecule has 2 amide bonds. The van der Waals surface area contributed by atoms with Gasteiger partial charge in [-0.25, -0.2) is 4.79 Å². The van der Waals surface area contributed by atoms with Crippen molar-refractivity contribution in [2.45, 2.75) is 32.7 Å². The molecule has 0 saturated heterocycles. The zero-order valence-corrected chi connectivity index (χ0v) is 16.1. The van der Waals surface area contributed by atoms with E-state index in [1.807, 2.05) is 54.3 Å². The second-order valence-electron chi connectivity index (χ2n) is 8.02. The summed E-state index contributed by atoms with van der Waals surface area (Å²) >= 11 is 0. The van der Waals surface area contributed by atoms with Gasteiger partial charge in [0.1, 0.15) is 0 Å². The lowest BCUT2D eigenvalue weighted by Gasteiger charge is -2.34. The van der Waals surface area contributed by atoms with Gasteiger partial charge in [-0.1, -0.05) is 60.7 Å². The number of carbonyl (C=O) groups excluding carboxylic acids is 1. The van der Waals surface area contributed by atoms with Crippen molar-refractivity contribution in [3.05, 3.63) is 77.9 Å². The van der Waals surface area contributed by atoms with Crippen molar-refractivity contribution in [2.75, 3.05) is 11.9 Å². The fourth-order valence-corrected chi connectivity index (χ4v) is 4.59. The Hall–Kier alpha value is -2.55. The maximum atomic E-state index is 13.3. The summed E-state index contributed by atoms with van der Waals surface area (Å²) in [7, 11) is 0. The summed E-state index contributed by atoms with van der Waals surface area (Å²) in [6.45, 7) is 4.97. The van der Waals surface area contributed by atoms with Crippen LogP contribution in [-0.2, 0) is 0 Å². The molecule has 2 aliphatic rings. The molecule has 1 N–H and O–H groups in total. The molecule has 2 aromatic carbocycles. The molecule has 1 fully saturated rings. The molecule has 0 spiro atoms. The van der Waals surface area contributed by atoms with Crippen LogP contribution >= 0.6 is 0 Å². The first kappa shape index (κ1) is 17.8. The minimum atomic E-state index is -0.00703. The van der Waals surface area contributed by atoms with E-state index in [0.29, 0.717) is 17.8 Å². The molecule has 0 aliphatic heterocycles. The molecule has 3 heteroatoms. The number of benzene rings is 2. The predicted octanol–water partition coefficient (Wildman–Crippen LogP) is 5.80. The molecule has 2 aromatic rings. The number of fused-ring (bicyclic) bond motifs is 2. The van der Waals surface area contributed by atoms with E-state index in [2.05, 4.69) is 36.5 Å². The average molecular weight is 361 g/mol. The number of carbonyl (C=O) groups is 1. The Balaban J connectivity index is 1.56. The standard InChI is InChI=1S/C24H28N2O/c1-17-8-6-7-11-23(17)25-24(27)26(18(2)20-9-4-3-5-10-20)16-22-15-19-12-13-21(22)14-19/h3-13,18-19,21-22H,14-16H2,1-2H3,(H,25,27). The van der Waals surface area contributed by atoms with Gasteiger partial charge in [0.15, 0.2) is 0 Å². The van der Waals surface area contributed by atoms with E-state index in [1.54, 1.807) is 0 Å². The quantitative estimate of drug-likeness (QED) is 0.671. The van der Waals surface area contributed by atoms with E-state index in [9.17, 15) is 4.79 Å². The van der Waals surface area contributed by atoms with Crippen molar-refractivity contribution >= 4 is 11.7 Å². The highest BCUT2D eigenvalue weighted by Crippen LogP contribution is 2.44. The first-order chi connectivity index (χ1) is 13.1. The maximum absolute atomic E-state index is 13.3. The van der Waals surface area contributed by atoms with Gasteiger partial charge in [-0.3, -0.25) is 0 Å². The van der Waals surface area contributed by atoms with E-state index >= 15 is 0 Å². The number of allylic oxidation sites excluding steroid dienone is 2. The van der Waals surface area contributed by atoms with Gasteiger partial charge in [-0.05, 0) is 61.6 Å². The monoisotopic (exact) mass is 360 g/mol. The molecule has 27 heavy (non-hydrogen) atoms. The van der Waals surface area contributed by atoms with Crippen LogP contribution in [0.15, 0.2) is 66.7 Å². The van der Waals surface area contributed by atoms with Gasteiger partial charge in [0.2, 0.25) is 0 Å². The van der Waals surface area contributed by atoms with Crippen molar-refractivity contribution in [3.63, 3.8) is 0 Å². The molecule has 2 bridgehead atoms. The van der Waals surface area contributed by atoms with Crippen molar-refractivity contribution < 1.29 is 4.79 Å². The zero-order chi connectivity index (χ0) is 18.8. The van der Waals surface area contributed by atoms with Crippen LogP contribution in [0.4, 0.5) is 10.5 Å². The van der Waals surface area contributed by atoms with Crippen molar-refractivity contribution in [1.82, 2.24) is 4.90 Å². The Bertz CT molecular complexity index is 829. The molecular weight excluding hydrogens is 332 g/mol. The van der Waals surface area contributed by atoms with Crippen LogP contribution in [0.3, 0.4) is 0 Å². The Kier molecular flexibility index (Phi) is 5.02. The number of aryl methyl sites for hydroxylation is 1. The lowest BCUT2D eigenvalue weighted by atomic mass is 9.92. The molecule has 0 radical (unpaired) electrons. The smallest absolute Gasteiger partial charge is 0.317 e. The Morgan fingerprint density at radius 2 is 1.81 bits per heavy atom. The van der Waals surface area contributed by atoms with E-state index in [4.69, 9.17) is 0 Å². The fraction of sp³-hybridized carbons (Fsp3) is 0.375. The predicted molar refractivity (Wildman–Crippen MR) is 111 cm³/mol. The van der Waals surface area contributed by atoms with Crippen LogP contribution in [0.2, 0.25) is 0 Å². The van der Waals surface area contributed by atoms with Gasteiger partial charge >= 0.3 is 6.03 Å². The SMILES string of the molecule is Cc1ccccc1NC(=O)N(CC1CC2C=CC1C2)C(C)c1ccccc1. The molecule has 0 aromatic heterocycles. The number of urea groups is 1. The second kappa shape index (κ2) is 7.59. The van der Waals surface area contributed by atoms with Crippen molar-refractivity contribution in [1.29, 1.82) is 0 Å². The van der Waals surface area contributed by atoms with Gasteiger partial charge < -0.3 is 10.2 Å². The normalized spacial score (nSPS) is 24.0. The summed E-state index contributed by atoms with van der Waals surface area (Å²) < 4.78 is 0. The highest BCUT2D eigenvalue weighted by molar-refractivity contribution is 5.90. The summed E-state index contributed by atoms with van der Waals surface area (Å²) in [4.78, 5) is 15.3. The zero-order valence-electron chi connectivity index (χ0n) is 16.1. The summed E-state index contributed by atoms with van der Waals surface area (Å²) in [5.41, 5.74) is 3.15. The highest BCUT2D eigenvalue weighted by atomic mass is 16.2. The minimum absolute atomic E-state index is 0.00703. The van der Waals surface area contributed by atoms with Crippen molar-refractivity contribution in [2.24, 2.45) is 17.8 Å². The third-order valence-corrected chi connectivity index (χ3v) is 6.24. The van der Waals surface area contributed by atoms with E-state index in [-0.39, 0.29) is 12.1 Å². The fourth-order valence-electron chi connectivity index (χ4n) is 4.59. The summed E-state index contributed by atoms with van der Waals surface area (Å²) in [6.07, 6.45) is 7.19. The van der Waals surface area contributed by atoms with Crippen LogP contribution in [0.25, 0.3) is 0 Å². The topological polar surface area (TPSA) is 32.3 Å². The van der Waals surface area contributed by atoms with Gasteiger partial charge in [0.05, 0.1) is 6.04 Å². The van der Waals surface area contributed by atoms with E-state index in [0.717, 1.165) is 17.8 Å². The molecule has 3 nitrogen and oxygen atoms in total. The van der Waals surface area contributed by atoms with Crippen molar-refractivity contribution in [3.8, 4) is 0 Å². The molecule has 4 unspecified atom stereocenters. The Morgan fingerprint density at radius 3 is 2.48 bits per heavy atom. The molecule has 2 aliphatic carbocycles.